The second kappa shape index (κ2) is 4.20. The Morgan fingerprint density at radius 2 is 2.40 bits per heavy atom. The van der Waals surface area contributed by atoms with Crippen LogP contribution in [0.2, 0.25) is 0 Å². The Morgan fingerprint density at radius 3 is 2.87 bits per heavy atom. The number of halogens is 1. The van der Waals surface area contributed by atoms with E-state index < -0.39 is 0 Å². The lowest BCUT2D eigenvalue weighted by Crippen LogP contribution is -2.16. The quantitative estimate of drug-likeness (QED) is 0.928. The lowest BCUT2D eigenvalue weighted by atomic mass is 10.1. The first-order valence-corrected chi connectivity index (χ1v) is 5.40. The molecule has 2 aromatic heterocycles. The van der Waals surface area contributed by atoms with Gasteiger partial charge in [-0.1, -0.05) is 0 Å². The largest absolute Gasteiger partial charge is 0.466 e. The lowest BCUT2D eigenvalue weighted by Gasteiger charge is -2.11. The van der Waals surface area contributed by atoms with Crippen LogP contribution in [0.4, 0.5) is 0 Å². The van der Waals surface area contributed by atoms with Crippen molar-refractivity contribution in [1.29, 1.82) is 0 Å². The zero-order chi connectivity index (χ0) is 10.8. The number of hydrogen-bond donors (Lipinski definition) is 1. The molecular weight excluding hydrogens is 258 g/mol. The second-order valence-electron chi connectivity index (χ2n) is 3.30. The summed E-state index contributed by atoms with van der Waals surface area (Å²) in [5.41, 5.74) is 1.08. The molecule has 0 bridgehead atoms. The van der Waals surface area contributed by atoms with Crippen molar-refractivity contribution in [1.82, 2.24) is 15.1 Å². The number of furan rings is 1. The number of hydrogen-bond acceptors (Lipinski definition) is 3. The molecule has 5 heteroatoms. The number of aromatic nitrogens is 2. The molecule has 15 heavy (non-hydrogen) atoms. The average Bonchev–Trinajstić information content (AvgIpc) is 2.79. The average molecular weight is 270 g/mol. The summed E-state index contributed by atoms with van der Waals surface area (Å²) in [6.07, 6.45) is 5.46. The lowest BCUT2D eigenvalue weighted by molar-refractivity contribution is 0.461. The van der Waals surface area contributed by atoms with Gasteiger partial charge in [0, 0.05) is 18.8 Å². The fraction of sp³-hybridized carbons (Fsp3) is 0.300. The van der Waals surface area contributed by atoms with Crippen LogP contribution in [0.3, 0.4) is 0 Å². The first kappa shape index (κ1) is 10.4. The number of aryl methyl sites for hydroxylation is 1. The first-order chi connectivity index (χ1) is 7.22. The molecule has 0 aliphatic heterocycles. The highest BCUT2D eigenvalue weighted by atomic mass is 79.9. The number of nitrogens with zero attached hydrogens (tertiary/aromatic N) is 2. The molecule has 0 amide bonds. The number of rotatable bonds is 3. The molecule has 0 fully saturated rings. The van der Waals surface area contributed by atoms with Gasteiger partial charge in [-0.05, 0) is 29.0 Å². The van der Waals surface area contributed by atoms with E-state index in [4.69, 9.17) is 4.42 Å². The molecule has 80 valence electrons. The Bertz CT molecular complexity index is 449. The maximum absolute atomic E-state index is 5.43. The summed E-state index contributed by atoms with van der Waals surface area (Å²) in [5, 5.41) is 7.34. The van der Waals surface area contributed by atoms with Crippen LogP contribution in [0.15, 0.2) is 33.6 Å². The highest BCUT2D eigenvalue weighted by Gasteiger charge is 2.19. The highest BCUT2D eigenvalue weighted by Crippen LogP contribution is 2.28. The Labute approximate surface area is 96.4 Å². The summed E-state index contributed by atoms with van der Waals surface area (Å²) < 4.78 is 8.17. The van der Waals surface area contributed by atoms with Crippen molar-refractivity contribution in [2.24, 2.45) is 7.05 Å². The molecule has 4 nitrogen and oxygen atoms in total. The highest BCUT2D eigenvalue weighted by molar-refractivity contribution is 9.10. The van der Waals surface area contributed by atoms with Crippen LogP contribution >= 0.6 is 15.9 Å². The molecule has 1 unspecified atom stereocenters. The van der Waals surface area contributed by atoms with Gasteiger partial charge in [0.2, 0.25) is 0 Å². The van der Waals surface area contributed by atoms with Crippen molar-refractivity contribution in [2.45, 2.75) is 6.04 Å². The normalized spacial score (nSPS) is 13.0. The van der Waals surface area contributed by atoms with Gasteiger partial charge in [0.1, 0.15) is 5.76 Å². The van der Waals surface area contributed by atoms with Gasteiger partial charge < -0.3 is 9.73 Å². The zero-order valence-electron chi connectivity index (χ0n) is 8.57. The summed E-state index contributed by atoms with van der Waals surface area (Å²) in [6, 6.07) is 1.92. The molecule has 2 heterocycles. The Hall–Kier alpha value is -1.07. The van der Waals surface area contributed by atoms with Crippen molar-refractivity contribution in [3.8, 4) is 0 Å². The monoisotopic (exact) mass is 269 g/mol. The Morgan fingerprint density at radius 1 is 1.60 bits per heavy atom. The standard InChI is InChI=1S/C10H12BrN3O/c1-12-9(7-5-13-14(2)6-7)10-8(11)3-4-15-10/h3-6,9,12H,1-2H3. The van der Waals surface area contributed by atoms with E-state index in [1.165, 1.54) is 0 Å². The Balaban J connectivity index is 2.36. The van der Waals surface area contributed by atoms with E-state index in [-0.39, 0.29) is 6.04 Å². The smallest absolute Gasteiger partial charge is 0.139 e. The van der Waals surface area contributed by atoms with Gasteiger partial charge >= 0.3 is 0 Å². The van der Waals surface area contributed by atoms with Gasteiger partial charge in [-0.2, -0.15) is 5.10 Å². The van der Waals surface area contributed by atoms with E-state index in [1.807, 2.05) is 32.6 Å². The van der Waals surface area contributed by atoms with Crippen molar-refractivity contribution >= 4 is 15.9 Å². The predicted octanol–water partition coefficient (Wildman–Crippen LogP) is 2.08. The summed E-state index contributed by atoms with van der Waals surface area (Å²) in [5.74, 6) is 0.866. The summed E-state index contributed by atoms with van der Waals surface area (Å²) in [6.45, 7) is 0. The molecule has 0 aliphatic carbocycles. The van der Waals surface area contributed by atoms with E-state index in [9.17, 15) is 0 Å². The third kappa shape index (κ3) is 1.98. The summed E-state index contributed by atoms with van der Waals surface area (Å²) >= 11 is 3.45. The van der Waals surface area contributed by atoms with Crippen LogP contribution in [0.25, 0.3) is 0 Å². The molecule has 1 atom stereocenters. The summed E-state index contributed by atoms with van der Waals surface area (Å²) in [7, 11) is 3.79. The van der Waals surface area contributed by atoms with Crippen LogP contribution in [-0.2, 0) is 7.05 Å². The molecule has 2 rings (SSSR count). The van der Waals surface area contributed by atoms with Gasteiger partial charge in [0.25, 0.3) is 0 Å². The van der Waals surface area contributed by atoms with Crippen LogP contribution in [0.1, 0.15) is 17.4 Å². The van der Waals surface area contributed by atoms with Gasteiger partial charge in [-0.3, -0.25) is 4.68 Å². The van der Waals surface area contributed by atoms with E-state index in [2.05, 4.69) is 26.3 Å². The molecule has 0 saturated heterocycles. The third-order valence-electron chi connectivity index (χ3n) is 2.25. The molecule has 0 spiro atoms. The van der Waals surface area contributed by atoms with Gasteiger partial charge in [0.15, 0.2) is 0 Å². The molecule has 2 aromatic rings. The van der Waals surface area contributed by atoms with Crippen molar-refractivity contribution in [2.75, 3.05) is 7.05 Å². The van der Waals surface area contributed by atoms with Gasteiger partial charge in [-0.25, -0.2) is 0 Å². The minimum atomic E-state index is 0.0306. The molecular formula is C10H12BrN3O. The van der Waals surface area contributed by atoms with E-state index in [0.29, 0.717) is 0 Å². The SMILES string of the molecule is CNC(c1cnn(C)c1)c1occc1Br. The Kier molecular flexibility index (Phi) is 2.93. The second-order valence-corrected chi connectivity index (χ2v) is 4.16. The molecule has 0 saturated carbocycles. The molecule has 0 radical (unpaired) electrons. The number of nitrogens with one attached hydrogen (secondary N) is 1. The molecule has 0 aliphatic rings. The molecule has 1 N–H and O–H groups in total. The zero-order valence-corrected chi connectivity index (χ0v) is 10.2. The van der Waals surface area contributed by atoms with Gasteiger partial charge in [-0.15, -0.1) is 0 Å². The van der Waals surface area contributed by atoms with Crippen molar-refractivity contribution < 1.29 is 4.42 Å². The summed E-state index contributed by atoms with van der Waals surface area (Å²) in [4.78, 5) is 0. The van der Waals surface area contributed by atoms with E-state index in [1.54, 1.807) is 10.9 Å². The van der Waals surface area contributed by atoms with Crippen LogP contribution in [-0.4, -0.2) is 16.8 Å². The van der Waals surface area contributed by atoms with Gasteiger partial charge in [0.05, 0.1) is 23.0 Å². The van der Waals surface area contributed by atoms with Crippen LogP contribution in [0.5, 0.6) is 0 Å². The third-order valence-corrected chi connectivity index (χ3v) is 2.91. The predicted molar refractivity (Wildman–Crippen MR) is 60.5 cm³/mol. The topological polar surface area (TPSA) is 43.0 Å². The van der Waals surface area contributed by atoms with Crippen LogP contribution in [0, 0.1) is 0 Å². The maximum Gasteiger partial charge on any atom is 0.139 e. The van der Waals surface area contributed by atoms with E-state index in [0.717, 1.165) is 15.8 Å². The minimum absolute atomic E-state index is 0.0306. The molecule has 0 aromatic carbocycles. The minimum Gasteiger partial charge on any atom is -0.466 e. The fourth-order valence-electron chi connectivity index (χ4n) is 1.55. The maximum atomic E-state index is 5.43. The van der Waals surface area contributed by atoms with E-state index >= 15 is 0 Å². The van der Waals surface area contributed by atoms with Crippen molar-refractivity contribution in [3.05, 3.63) is 40.5 Å². The van der Waals surface area contributed by atoms with Crippen molar-refractivity contribution in [3.63, 3.8) is 0 Å². The van der Waals surface area contributed by atoms with Crippen LogP contribution < -0.4 is 5.32 Å². The first-order valence-electron chi connectivity index (χ1n) is 4.61. The fourth-order valence-corrected chi connectivity index (χ4v) is 1.98.